The fourth-order valence-corrected chi connectivity index (χ4v) is 8.63. The molecule has 0 spiro atoms. The van der Waals surface area contributed by atoms with Gasteiger partial charge in [-0.2, -0.15) is 0 Å². The minimum atomic E-state index is -1.11. The standard InChI is InChI=1S/C57H109NO4/c1-3-5-7-9-11-13-15-17-19-21-23-24-25-26-27-28-29-30-31-32-34-36-38-40-42-44-46-48-50-52-56(61)57(62)58-54(53-59)55(60)51-49-47-45-43-41-39-37-35-33-22-20-18-16-14-12-10-8-6-4-2/h33,35,41,43,49,51,54-56,59-61H,3-32,34,36-40,42,44-48,50,52-53H2,1-2H3,(H,58,62)/b35-33+,43-41+,51-49+. The van der Waals surface area contributed by atoms with Crippen LogP contribution in [0.15, 0.2) is 36.5 Å². The van der Waals surface area contributed by atoms with Gasteiger partial charge in [-0.1, -0.05) is 288 Å². The van der Waals surface area contributed by atoms with Crippen LogP contribution in [-0.4, -0.2) is 46.1 Å². The second-order valence-corrected chi connectivity index (χ2v) is 19.1. The molecule has 0 saturated heterocycles. The van der Waals surface area contributed by atoms with E-state index in [1.54, 1.807) is 6.08 Å². The number of nitrogens with one attached hydrogen (secondary N) is 1. The lowest BCUT2D eigenvalue weighted by Gasteiger charge is -2.21. The molecule has 0 saturated carbocycles. The van der Waals surface area contributed by atoms with Gasteiger partial charge in [-0.25, -0.2) is 0 Å². The van der Waals surface area contributed by atoms with E-state index < -0.39 is 24.2 Å². The Morgan fingerprint density at radius 2 is 0.661 bits per heavy atom. The predicted octanol–water partition coefficient (Wildman–Crippen LogP) is 17.1. The normalized spacial score (nSPS) is 13.6. The van der Waals surface area contributed by atoms with Gasteiger partial charge in [0.25, 0.3) is 0 Å². The summed E-state index contributed by atoms with van der Waals surface area (Å²) in [4.78, 5) is 12.5. The first kappa shape index (κ1) is 60.6. The summed E-state index contributed by atoms with van der Waals surface area (Å²) in [5.74, 6) is -0.512. The maximum atomic E-state index is 12.5. The molecule has 5 heteroatoms. The van der Waals surface area contributed by atoms with Gasteiger partial charge in [-0.3, -0.25) is 4.79 Å². The van der Waals surface area contributed by atoms with Crippen LogP contribution in [0, 0.1) is 0 Å². The van der Waals surface area contributed by atoms with Gasteiger partial charge in [0.2, 0.25) is 5.91 Å². The first-order valence-corrected chi connectivity index (χ1v) is 27.8. The van der Waals surface area contributed by atoms with E-state index in [9.17, 15) is 20.1 Å². The molecule has 1 amide bonds. The van der Waals surface area contributed by atoms with E-state index >= 15 is 0 Å². The van der Waals surface area contributed by atoms with Crippen LogP contribution in [0.3, 0.4) is 0 Å². The summed E-state index contributed by atoms with van der Waals surface area (Å²) in [6.07, 6.45) is 68.0. The average molecular weight is 873 g/mol. The number of rotatable bonds is 51. The van der Waals surface area contributed by atoms with Crippen molar-refractivity contribution in [2.75, 3.05) is 6.61 Å². The van der Waals surface area contributed by atoms with Crippen LogP contribution in [0.25, 0.3) is 0 Å². The molecule has 5 nitrogen and oxygen atoms in total. The molecular weight excluding hydrogens is 763 g/mol. The van der Waals surface area contributed by atoms with Crippen molar-refractivity contribution in [2.24, 2.45) is 0 Å². The Labute approximate surface area is 387 Å². The Bertz CT molecular complexity index is 962. The van der Waals surface area contributed by atoms with Crippen LogP contribution in [0.2, 0.25) is 0 Å². The third kappa shape index (κ3) is 46.6. The summed E-state index contributed by atoms with van der Waals surface area (Å²) in [6.45, 7) is 4.19. The molecule has 0 rings (SSSR count). The van der Waals surface area contributed by atoms with Crippen LogP contribution in [-0.2, 0) is 4.79 Å². The number of aliphatic hydroxyl groups is 3. The lowest BCUT2D eigenvalue weighted by atomic mass is 10.0. The SMILES string of the molecule is CCCCCCCCCCC/C=C/CC/C=C/CC/C=C/C(O)C(CO)NC(=O)C(O)CCCCCCCCCCCCCCCCCCCCCCCCCCCCCCC. The largest absolute Gasteiger partial charge is 0.394 e. The van der Waals surface area contributed by atoms with Gasteiger partial charge in [-0.15, -0.1) is 0 Å². The fraction of sp³-hybridized carbons (Fsp3) is 0.877. The quantitative estimate of drug-likeness (QED) is 0.0362. The number of hydrogen-bond acceptors (Lipinski definition) is 4. The van der Waals surface area contributed by atoms with Crippen molar-refractivity contribution >= 4 is 5.91 Å². The Kier molecular flexibility index (Phi) is 51.0. The first-order valence-electron chi connectivity index (χ1n) is 27.8. The summed E-state index contributed by atoms with van der Waals surface area (Å²) in [5.41, 5.74) is 0. The number of carbonyl (C=O) groups excluding carboxylic acids is 1. The van der Waals surface area contributed by atoms with E-state index in [-0.39, 0.29) is 6.61 Å². The van der Waals surface area contributed by atoms with Gasteiger partial charge < -0.3 is 20.6 Å². The van der Waals surface area contributed by atoms with Gasteiger partial charge in [0, 0.05) is 0 Å². The van der Waals surface area contributed by atoms with E-state index in [0.29, 0.717) is 6.42 Å². The van der Waals surface area contributed by atoms with Crippen molar-refractivity contribution < 1.29 is 20.1 Å². The van der Waals surface area contributed by atoms with Gasteiger partial charge in [0.1, 0.15) is 6.10 Å². The molecule has 0 aromatic rings. The highest BCUT2D eigenvalue weighted by atomic mass is 16.3. The fourth-order valence-electron chi connectivity index (χ4n) is 8.63. The zero-order valence-electron chi connectivity index (χ0n) is 41.8. The van der Waals surface area contributed by atoms with E-state index in [1.807, 2.05) is 6.08 Å². The van der Waals surface area contributed by atoms with E-state index in [1.165, 1.54) is 231 Å². The van der Waals surface area contributed by atoms with Gasteiger partial charge in [0.05, 0.1) is 18.8 Å². The second-order valence-electron chi connectivity index (χ2n) is 19.1. The van der Waals surface area contributed by atoms with Crippen molar-refractivity contribution in [3.63, 3.8) is 0 Å². The monoisotopic (exact) mass is 872 g/mol. The molecule has 0 aromatic heterocycles. The molecule has 0 bridgehead atoms. The third-order valence-corrected chi connectivity index (χ3v) is 13.0. The number of unbranched alkanes of at least 4 members (excludes halogenated alkanes) is 39. The summed E-state index contributed by atoms with van der Waals surface area (Å²) < 4.78 is 0. The van der Waals surface area contributed by atoms with Gasteiger partial charge in [0.15, 0.2) is 0 Å². The van der Waals surface area contributed by atoms with Crippen LogP contribution in [0.1, 0.15) is 296 Å². The average Bonchev–Trinajstić information content (AvgIpc) is 3.28. The van der Waals surface area contributed by atoms with Crippen molar-refractivity contribution in [3.8, 4) is 0 Å². The molecule has 0 heterocycles. The summed E-state index contributed by atoms with van der Waals surface area (Å²) in [6, 6.07) is -0.820. The molecule has 3 atom stereocenters. The molecule has 0 aliphatic heterocycles. The van der Waals surface area contributed by atoms with Crippen molar-refractivity contribution in [2.45, 2.75) is 315 Å². The van der Waals surface area contributed by atoms with Crippen LogP contribution < -0.4 is 5.32 Å². The Hall–Kier alpha value is -1.43. The van der Waals surface area contributed by atoms with Crippen molar-refractivity contribution in [3.05, 3.63) is 36.5 Å². The first-order chi connectivity index (χ1) is 30.6. The van der Waals surface area contributed by atoms with Crippen LogP contribution >= 0.6 is 0 Å². The molecule has 3 unspecified atom stereocenters. The number of amides is 1. The molecule has 0 radical (unpaired) electrons. The van der Waals surface area contributed by atoms with Gasteiger partial charge >= 0.3 is 0 Å². The lowest BCUT2D eigenvalue weighted by Crippen LogP contribution is -2.48. The number of aliphatic hydroxyl groups excluding tert-OH is 3. The molecule has 62 heavy (non-hydrogen) atoms. The number of hydrogen-bond donors (Lipinski definition) is 4. The topological polar surface area (TPSA) is 89.8 Å². The van der Waals surface area contributed by atoms with E-state index in [2.05, 4.69) is 43.5 Å². The Morgan fingerprint density at radius 1 is 0.387 bits per heavy atom. The van der Waals surface area contributed by atoms with Crippen LogP contribution in [0.4, 0.5) is 0 Å². The summed E-state index contributed by atoms with van der Waals surface area (Å²) >= 11 is 0. The molecule has 0 aromatic carbocycles. The van der Waals surface area contributed by atoms with Crippen LogP contribution in [0.5, 0.6) is 0 Å². The molecule has 0 aliphatic carbocycles. The van der Waals surface area contributed by atoms with E-state index in [4.69, 9.17) is 0 Å². The van der Waals surface area contributed by atoms with Crippen molar-refractivity contribution in [1.82, 2.24) is 5.32 Å². The maximum Gasteiger partial charge on any atom is 0.249 e. The van der Waals surface area contributed by atoms with E-state index in [0.717, 1.165) is 44.9 Å². The molecular formula is C57H109NO4. The maximum absolute atomic E-state index is 12.5. The number of allylic oxidation sites excluding steroid dienone is 5. The highest BCUT2D eigenvalue weighted by molar-refractivity contribution is 5.80. The molecule has 366 valence electrons. The molecule has 0 fully saturated rings. The minimum Gasteiger partial charge on any atom is -0.394 e. The van der Waals surface area contributed by atoms with Gasteiger partial charge in [-0.05, 0) is 44.9 Å². The third-order valence-electron chi connectivity index (χ3n) is 13.0. The van der Waals surface area contributed by atoms with Crippen molar-refractivity contribution in [1.29, 1.82) is 0 Å². The second kappa shape index (κ2) is 52.2. The molecule has 4 N–H and O–H groups in total. The molecule has 0 aliphatic rings. The summed E-state index contributed by atoms with van der Waals surface area (Å²) in [7, 11) is 0. The smallest absolute Gasteiger partial charge is 0.249 e. The predicted molar refractivity (Wildman–Crippen MR) is 273 cm³/mol. The Balaban J connectivity index is 3.58. The highest BCUT2D eigenvalue weighted by Crippen LogP contribution is 2.17. The number of carbonyl (C=O) groups is 1. The zero-order chi connectivity index (χ0) is 45.1. The lowest BCUT2D eigenvalue weighted by molar-refractivity contribution is -0.131. The highest BCUT2D eigenvalue weighted by Gasteiger charge is 2.22. The summed E-state index contributed by atoms with van der Waals surface area (Å²) in [5, 5.41) is 33.3. The minimum absolute atomic E-state index is 0.379. The zero-order valence-corrected chi connectivity index (χ0v) is 41.8. The Morgan fingerprint density at radius 3 is 0.984 bits per heavy atom.